The highest BCUT2D eigenvalue weighted by Gasteiger charge is 2.13. The van der Waals surface area contributed by atoms with E-state index in [1.165, 1.54) is 31.2 Å². The minimum absolute atomic E-state index is 0.224. The molecule has 1 aliphatic heterocycles. The highest BCUT2D eigenvalue weighted by atomic mass is 16.4. The number of oxazole rings is 1. The topological polar surface area (TPSA) is 38.4 Å². The van der Waals surface area contributed by atoms with Crippen molar-refractivity contribution in [3.05, 3.63) is 34.3 Å². The largest absolute Gasteiger partial charge is 0.419 e. The van der Waals surface area contributed by atoms with Gasteiger partial charge in [-0.15, -0.1) is 0 Å². The Hall–Kier alpha value is -1.55. The molecule has 0 unspecified atom stereocenters. The van der Waals surface area contributed by atoms with Crippen LogP contribution in [-0.4, -0.2) is 29.1 Å². The lowest BCUT2D eigenvalue weighted by molar-refractivity contribution is 0.271. The van der Waals surface area contributed by atoms with E-state index in [0.29, 0.717) is 5.58 Å². The van der Waals surface area contributed by atoms with Crippen molar-refractivity contribution in [2.45, 2.75) is 52.0 Å². The molecular weight excluding hydrogens is 276 g/mol. The average Bonchev–Trinajstić information content (AvgIpc) is 2.68. The van der Waals surface area contributed by atoms with E-state index in [-0.39, 0.29) is 5.76 Å². The summed E-state index contributed by atoms with van der Waals surface area (Å²) in [5.74, 6) is -0.224. The van der Waals surface area contributed by atoms with Crippen LogP contribution in [0.5, 0.6) is 0 Å². The molecule has 0 amide bonds. The molecule has 22 heavy (non-hydrogen) atoms. The first-order chi connectivity index (χ1) is 10.8. The summed E-state index contributed by atoms with van der Waals surface area (Å²) in [6.45, 7) is 6.15. The molecule has 0 N–H and O–H groups in total. The third kappa shape index (κ3) is 3.43. The van der Waals surface area contributed by atoms with E-state index in [4.69, 9.17) is 4.42 Å². The van der Waals surface area contributed by atoms with Crippen LogP contribution in [-0.2, 0) is 13.0 Å². The summed E-state index contributed by atoms with van der Waals surface area (Å²) in [7, 11) is 0. The number of fused-ring (bicyclic) bond motifs is 1. The molecule has 1 aliphatic rings. The number of aromatic nitrogens is 1. The summed E-state index contributed by atoms with van der Waals surface area (Å²) < 4.78 is 7.19. The van der Waals surface area contributed by atoms with Gasteiger partial charge in [0.15, 0.2) is 5.58 Å². The van der Waals surface area contributed by atoms with E-state index in [1.807, 2.05) is 6.07 Å². The molecule has 0 spiro atoms. The van der Waals surface area contributed by atoms with Gasteiger partial charge in [-0.25, -0.2) is 4.79 Å². The average molecular weight is 302 g/mol. The smallest absolute Gasteiger partial charge is 0.408 e. The van der Waals surface area contributed by atoms with Gasteiger partial charge in [0, 0.05) is 13.1 Å². The van der Waals surface area contributed by atoms with E-state index < -0.39 is 0 Å². The number of aryl methyl sites for hydroxylation is 1. The lowest BCUT2D eigenvalue weighted by Crippen LogP contribution is -2.30. The molecule has 120 valence electrons. The third-order valence-electron chi connectivity index (χ3n) is 4.61. The maximum atomic E-state index is 12.1. The SMILES string of the molecule is CCCc1ccc2oc(=O)n(CCN3CCCCCC3)c2c1. The van der Waals surface area contributed by atoms with Crippen molar-refractivity contribution in [2.75, 3.05) is 19.6 Å². The second-order valence-corrected chi connectivity index (χ2v) is 6.33. The number of hydrogen-bond donors (Lipinski definition) is 0. The molecule has 3 rings (SSSR count). The highest BCUT2D eigenvalue weighted by molar-refractivity contribution is 5.73. The predicted octanol–water partition coefficient (Wildman–Crippen LogP) is 3.42. The number of hydrogen-bond acceptors (Lipinski definition) is 3. The van der Waals surface area contributed by atoms with Gasteiger partial charge >= 0.3 is 5.76 Å². The molecule has 1 saturated heterocycles. The Kier molecular flexibility index (Phi) is 4.98. The summed E-state index contributed by atoms with van der Waals surface area (Å²) in [5, 5.41) is 0. The van der Waals surface area contributed by atoms with Crippen molar-refractivity contribution >= 4 is 11.1 Å². The van der Waals surface area contributed by atoms with Gasteiger partial charge in [-0.2, -0.15) is 0 Å². The van der Waals surface area contributed by atoms with Gasteiger partial charge in [-0.05, 0) is 50.0 Å². The van der Waals surface area contributed by atoms with Crippen LogP contribution in [0.25, 0.3) is 11.1 Å². The van der Waals surface area contributed by atoms with Crippen LogP contribution in [0.1, 0.15) is 44.6 Å². The zero-order chi connectivity index (χ0) is 15.4. The molecule has 2 aromatic rings. The second-order valence-electron chi connectivity index (χ2n) is 6.33. The van der Waals surface area contributed by atoms with E-state index in [1.54, 1.807) is 4.57 Å². The molecule has 0 atom stereocenters. The first-order valence-corrected chi connectivity index (χ1v) is 8.62. The van der Waals surface area contributed by atoms with Crippen LogP contribution in [0.15, 0.2) is 27.4 Å². The number of likely N-dealkylation sites (tertiary alicyclic amines) is 1. The van der Waals surface area contributed by atoms with Crippen LogP contribution < -0.4 is 5.76 Å². The van der Waals surface area contributed by atoms with Gasteiger partial charge in [0.25, 0.3) is 0 Å². The fraction of sp³-hybridized carbons (Fsp3) is 0.611. The first-order valence-electron chi connectivity index (χ1n) is 8.62. The predicted molar refractivity (Wildman–Crippen MR) is 89.4 cm³/mol. The summed E-state index contributed by atoms with van der Waals surface area (Å²) in [6, 6.07) is 6.12. The van der Waals surface area contributed by atoms with E-state index in [9.17, 15) is 4.79 Å². The number of benzene rings is 1. The molecular formula is C18H26N2O2. The summed E-state index contributed by atoms with van der Waals surface area (Å²) in [4.78, 5) is 14.6. The minimum atomic E-state index is -0.224. The zero-order valence-electron chi connectivity index (χ0n) is 13.5. The molecule has 1 aromatic heterocycles. The number of nitrogens with zero attached hydrogens (tertiary/aromatic N) is 2. The second kappa shape index (κ2) is 7.14. The molecule has 0 aliphatic carbocycles. The Morgan fingerprint density at radius 2 is 1.86 bits per heavy atom. The molecule has 2 heterocycles. The van der Waals surface area contributed by atoms with Crippen molar-refractivity contribution in [2.24, 2.45) is 0 Å². The Morgan fingerprint density at radius 1 is 1.09 bits per heavy atom. The van der Waals surface area contributed by atoms with Crippen LogP contribution >= 0.6 is 0 Å². The van der Waals surface area contributed by atoms with Crippen LogP contribution in [0.4, 0.5) is 0 Å². The van der Waals surface area contributed by atoms with Gasteiger partial charge in [-0.1, -0.05) is 32.3 Å². The normalized spacial score (nSPS) is 17.0. The Balaban J connectivity index is 1.78. The zero-order valence-corrected chi connectivity index (χ0v) is 13.5. The Labute approximate surface area is 131 Å². The molecule has 1 fully saturated rings. The van der Waals surface area contributed by atoms with Crippen molar-refractivity contribution in [3.63, 3.8) is 0 Å². The monoisotopic (exact) mass is 302 g/mol. The quantitative estimate of drug-likeness (QED) is 0.849. The van der Waals surface area contributed by atoms with E-state index >= 15 is 0 Å². The summed E-state index contributed by atoms with van der Waals surface area (Å²) in [6.07, 6.45) is 7.39. The van der Waals surface area contributed by atoms with Gasteiger partial charge in [0.2, 0.25) is 0 Å². The fourth-order valence-electron chi connectivity index (χ4n) is 3.36. The summed E-state index contributed by atoms with van der Waals surface area (Å²) in [5.41, 5.74) is 2.94. The van der Waals surface area contributed by atoms with Gasteiger partial charge < -0.3 is 9.32 Å². The van der Waals surface area contributed by atoms with Crippen LogP contribution in [0, 0.1) is 0 Å². The maximum absolute atomic E-state index is 12.1. The van der Waals surface area contributed by atoms with Gasteiger partial charge in [0.1, 0.15) is 0 Å². The number of rotatable bonds is 5. The van der Waals surface area contributed by atoms with Crippen molar-refractivity contribution in [3.8, 4) is 0 Å². The van der Waals surface area contributed by atoms with Gasteiger partial charge in [-0.3, -0.25) is 4.57 Å². The molecule has 4 heteroatoms. The Morgan fingerprint density at radius 3 is 2.59 bits per heavy atom. The van der Waals surface area contributed by atoms with Crippen molar-refractivity contribution in [1.82, 2.24) is 9.47 Å². The highest BCUT2D eigenvalue weighted by Crippen LogP contribution is 2.17. The Bertz CT molecular complexity index is 663. The standard InChI is InChI=1S/C18H26N2O2/c1-2-7-15-8-9-17-16(14-15)20(18(21)22-17)13-12-19-10-5-3-4-6-11-19/h8-9,14H,2-7,10-13H2,1H3. The van der Waals surface area contributed by atoms with Crippen molar-refractivity contribution < 1.29 is 4.42 Å². The third-order valence-corrected chi connectivity index (χ3v) is 4.61. The molecule has 0 radical (unpaired) electrons. The minimum Gasteiger partial charge on any atom is -0.408 e. The summed E-state index contributed by atoms with van der Waals surface area (Å²) >= 11 is 0. The van der Waals surface area contributed by atoms with Crippen LogP contribution in [0.2, 0.25) is 0 Å². The molecule has 4 nitrogen and oxygen atoms in total. The molecule has 1 aromatic carbocycles. The molecule has 0 saturated carbocycles. The van der Waals surface area contributed by atoms with Gasteiger partial charge in [0.05, 0.1) is 5.52 Å². The van der Waals surface area contributed by atoms with Crippen LogP contribution in [0.3, 0.4) is 0 Å². The first kappa shape index (κ1) is 15.3. The van der Waals surface area contributed by atoms with E-state index in [0.717, 1.165) is 44.5 Å². The maximum Gasteiger partial charge on any atom is 0.419 e. The molecule has 0 bridgehead atoms. The lowest BCUT2D eigenvalue weighted by atomic mass is 10.1. The fourth-order valence-corrected chi connectivity index (χ4v) is 3.36. The van der Waals surface area contributed by atoms with Crippen molar-refractivity contribution in [1.29, 1.82) is 0 Å². The lowest BCUT2D eigenvalue weighted by Gasteiger charge is -2.19. The van der Waals surface area contributed by atoms with E-state index in [2.05, 4.69) is 24.0 Å².